The molecule has 0 atom stereocenters. The number of benzene rings is 1. The third kappa shape index (κ3) is 3.17. The van der Waals surface area contributed by atoms with Crippen LogP contribution in [0.3, 0.4) is 0 Å². The second-order valence-corrected chi connectivity index (χ2v) is 3.52. The highest BCUT2D eigenvalue weighted by Gasteiger charge is 2.14. The number of halogens is 1. The van der Waals surface area contributed by atoms with Gasteiger partial charge in [-0.05, 0) is 24.1 Å². The average molecular weight is 238 g/mol. The molecule has 4 N–H and O–H groups in total. The zero-order valence-corrected chi connectivity index (χ0v) is 9.77. The van der Waals surface area contributed by atoms with Crippen LogP contribution in [0.1, 0.15) is 12.5 Å². The van der Waals surface area contributed by atoms with Gasteiger partial charge in [-0.3, -0.25) is 4.90 Å². The van der Waals surface area contributed by atoms with Crippen LogP contribution in [-0.4, -0.2) is 19.0 Å². The molecule has 0 radical (unpaired) electrons. The Morgan fingerprint density at radius 1 is 1.47 bits per heavy atom. The maximum Gasteiger partial charge on any atom is 0.351 e. The molecule has 0 bridgehead atoms. The van der Waals surface area contributed by atoms with E-state index in [4.69, 9.17) is 11.5 Å². The van der Waals surface area contributed by atoms with Crippen LogP contribution in [0, 0.1) is 5.82 Å². The van der Waals surface area contributed by atoms with Crippen molar-refractivity contribution in [1.82, 2.24) is 0 Å². The lowest BCUT2D eigenvalue weighted by Crippen LogP contribution is -2.30. The minimum atomic E-state index is -0.715. The number of carbonyl (C=O) groups is 1. The van der Waals surface area contributed by atoms with Crippen LogP contribution in [0.5, 0.6) is 0 Å². The van der Waals surface area contributed by atoms with Crippen LogP contribution in [-0.2, 0) is 6.42 Å². The Balaban J connectivity index is 3.00. The summed E-state index contributed by atoms with van der Waals surface area (Å²) in [6, 6.07) is 3.94. The van der Waals surface area contributed by atoms with Crippen molar-refractivity contribution in [3.8, 4) is 0 Å². The van der Waals surface area contributed by atoms with Crippen molar-refractivity contribution in [3.63, 3.8) is 0 Å². The molecule has 0 aromatic heterocycles. The SMILES string of the molecule is CCc1ccc(N(C)C(=O)N=C(N)N)c(F)c1. The highest BCUT2D eigenvalue weighted by molar-refractivity contribution is 5.99. The van der Waals surface area contributed by atoms with Gasteiger partial charge >= 0.3 is 6.03 Å². The predicted octanol–water partition coefficient (Wildman–Crippen LogP) is 1.22. The number of carbonyl (C=O) groups excluding carboxylic acids is 1. The molecule has 92 valence electrons. The summed E-state index contributed by atoms with van der Waals surface area (Å²) in [6.07, 6.45) is 0.725. The van der Waals surface area contributed by atoms with E-state index in [0.717, 1.165) is 16.9 Å². The molecule has 1 rings (SSSR count). The maximum absolute atomic E-state index is 13.7. The van der Waals surface area contributed by atoms with E-state index in [-0.39, 0.29) is 11.6 Å². The van der Waals surface area contributed by atoms with E-state index in [1.807, 2.05) is 6.92 Å². The lowest BCUT2D eigenvalue weighted by Gasteiger charge is -2.15. The smallest absolute Gasteiger partial charge is 0.351 e. The molecule has 17 heavy (non-hydrogen) atoms. The van der Waals surface area contributed by atoms with E-state index in [2.05, 4.69) is 4.99 Å². The average Bonchev–Trinajstić information content (AvgIpc) is 2.27. The van der Waals surface area contributed by atoms with Gasteiger partial charge in [0.2, 0.25) is 0 Å². The first-order valence-corrected chi connectivity index (χ1v) is 5.11. The number of amides is 2. The number of anilines is 1. The van der Waals surface area contributed by atoms with Crippen LogP contribution < -0.4 is 16.4 Å². The van der Waals surface area contributed by atoms with Crippen molar-refractivity contribution in [2.24, 2.45) is 16.5 Å². The van der Waals surface area contributed by atoms with Gasteiger partial charge < -0.3 is 11.5 Å². The minimum Gasteiger partial charge on any atom is -0.370 e. The van der Waals surface area contributed by atoms with Gasteiger partial charge in [-0.2, -0.15) is 4.99 Å². The van der Waals surface area contributed by atoms with Crippen LogP contribution in [0.4, 0.5) is 14.9 Å². The number of guanidine groups is 1. The zero-order valence-electron chi connectivity index (χ0n) is 9.77. The topological polar surface area (TPSA) is 84.7 Å². The van der Waals surface area contributed by atoms with E-state index in [1.54, 1.807) is 6.07 Å². The molecule has 6 heteroatoms. The number of nitrogens with two attached hydrogens (primary N) is 2. The molecule has 5 nitrogen and oxygen atoms in total. The monoisotopic (exact) mass is 238 g/mol. The Morgan fingerprint density at radius 2 is 2.12 bits per heavy atom. The van der Waals surface area contributed by atoms with Crippen molar-refractivity contribution >= 4 is 17.7 Å². The number of rotatable bonds is 2. The highest BCUT2D eigenvalue weighted by atomic mass is 19.1. The molecule has 0 saturated heterocycles. The third-order valence-corrected chi connectivity index (χ3v) is 2.29. The Kier molecular flexibility index (Phi) is 4.03. The first-order valence-electron chi connectivity index (χ1n) is 5.11. The van der Waals surface area contributed by atoms with Gasteiger partial charge in [-0.1, -0.05) is 13.0 Å². The van der Waals surface area contributed by atoms with Crippen LogP contribution >= 0.6 is 0 Å². The maximum atomic E-state index is 13.7. The van der Waals surface area contributed by atoms with E-state index < -0.39 is 11.8 Å². The largest absolute Gasteiger partial charge is 0.370 e. The normalized spacial score (nSPS) is 9.82. The van der Waals surface area contributed by atoms with Crippen molar-refractivity contribution < 1.29 is 9.18 Å². The zero-order chi connectivity index (χ0) is 13.0. The van der Waals surface area contributed by atoms with Gasteiger partial charge in [0.1, 0.15) is 5.82 Å². The highest BCUT2D eigenvalue weighted by Crippen LogP contribution is 2.20. The van der Waals surface area contributed by atoms with Crippen LogP contribution in [0.25, 0.3) is 0 Å². The molecule has 0 aliphatic carbocycles. The van der Waals surface area contributed by atoms with E-state index in [9.17, 15) is 9.18 Å². The standard InChI is InChI=1S/C11H15FN4O/c1-3-7-4-5-9(8(12)6-7)16(2)11(17)15-10(13)14/h4-6H,3H2,1-2H3,(H4,13,14,15,17). The number of hydrogen-bond donors (Lipinski definition) is 2. The molecule has 2 amide bonds. The fraction of sp³-hybridized carbons (Fsp3) is 0.273. The molecule has 0 aliphatic rings. The summed E-state index contributed by atoms with van der Waals surface area (Å²) in [5, 5.41) is 0. The summed E-state index contributed by atoms with van der Waals surface area (Å²) in [7, 11) is 1.40. The number of nitrogens with zero attached hydrogens (tertiary/aromatic N) is 2. The number of urea groups is 1. The van der Waals surface area contributed by atoms with E-state index in [0.29, 0.717) is 0 Å². The van der Waals surface area contributed by atoms with Gasteiger partial charge in [0.05, 0.1) is 5.69 Å². The van der Waals surface area contributed by atoms with Gasteiger partial charge in [-0.25, -0.2) is 9.18 Å². The van der Waals surface area contributed by atoms with Crippen LogP contribution in [0.2, 0.25) is 0 Å². The Labute approximate surface area is 98.9 Å². The predicted molar refractivity (Wildman–Crippen MR) is 65.4 cm³/mol. The van der Waals surface area contributed by atoms with Gasteiger partial charge in [0, 0.05) is 7.05 Å². The molecule has 1 aromatic carbocycles. The van der Waals surface area contributed by atoms with E-state index in [1.165, 1.54) is 19.2 Å². The third-order valence-electron chi connectivity index (χ3n) is 2.29. The van der Waals surface area contributed by atoms with Crippen molar-refractivity contribution in [2.45, 2.75) is 13.3 Å². The quantitative estimate of drug-likeness (QED) is 0.600. The molecule has 0 aliphatic heterocycles. The van der Waals surface area contributed by atoms with Crippen molar-refractivity contribution in [1.29, 1.82) is 0 Å². The fourth-order valence-corrected chi connectivity index (χ4v) is 1.33. The Morgan fingerprint density at radius 3 is 2.59 bits per heavy atom. The second-order valence-electron chi connectivity index (χ2n) is 3.52. The molecular weight excluding hydrogens is 223 g/mol. The Bertz CT molecular complexity index is 455. The first-order chi connectivity index (χ1) is 7.95. The first kappa shape index (κ1) is 13.0. The molecule has 0 saturated carbocycles. The second kappa shape index (κ2) is 5.29. The summed E-state index contributed by atoms with van der Waals surface area (Å²) in [5.74, 6) is -0.835. The molecule has 0 unspecified atom stereocenters. The Hall–Kier alpha value is -2.11. The fourth-order valence-electron chi connectivity index (χ4n) is 1.33. The number of hydrogen-bond acceptors (Lipinski definition) is 1. The van der Waals surface area contributed by atoms with E-state index >= 15 is 0 Å². The van der Waals surface area contributed by atoms with Crippen molar-refractivity contribution in [2.75, 3.05) is 11.9 Å². The summed E-state index contributed by atoms with van der Waals surface area (Å²) < 4.78 is 13.7. The molecule has 0 fully saturated rings. The summed E-state index contributed by atoms with van der Waals surface area (Å²) in [6.45, 7) is 1.92. The number of aryl methyl sites for hydroxylation is 1. The lowest BCUT2D eigenvalue weighted by molar-refractivity contribution is 0.255. The molecule has 0 spiro atoms. The molecular formula is C11H15FN4O. The van der Waals surface area contributed by atoms with Gasteiger partial charge in [0.25, 0.3) is 0 Å². The summed E-state index contributed by atoms with van der Waals surface area (Å²) >= 11 is 0. The minimum absolute atomic E-state index is 0.136. The molecule has 1 aromatic rings. The van der Waals surface area contributed by atoms with Crippen LogP contribution in [0.15, 0.2) is 23.2 Å². The number of aliphatic imine (C=N–C) groups is 1. The summed E-state index contributed by atoms with van der Waals surface area (Å²) in [4.78, 5) is 15.9. The molecule has 0 heterocycles. The van der Waals surface area contributed by atoms with Gasteiger partial charge in [0.15, 0.2) is 5.96 Å². The van der Waals surface area contributed by atoms with Gasteiger partial charge in [-0.15, -0.1) is 0 Å². The van der Waals surface area contributed by atoms with Crippen molar-refractivity contribution in [3.05, 3.63) is 29.6 Å². The summed E-state index contributed by atoms with van der Waals surface area (Å²) in [5.41, 5.74) is 11.2. The lowest BCUT2D eigenvalue weighted by atomic mass is 10.1.